The molecule has 0 spiro atoms. The van der Waals surface area contributed by atoms with Crippen molar-refractivity contribution in [3.05, 3.63) is 0 Å². The highest BCUT2D eigenvalue weighted by molar-refractivity contribution is 7.80. The van der Waals surface area contributed by atoms with Crippen molar-refractivity contribution in [2.45, 2.75) is 56.5 Å². The van der Waals surface area contributed by atoms with Gasteiger partial charge in [0.1, 0.15) is 18.1 Å². The minimum Gasteiger partial charge on any atom is -0.481 e. The topological polar surface area (TPSA) is 245 Å². The average Bonchev–Trinajstić information content (AvgIpc) is 2.66. The van der Waals surface area contributed by atoms with E-state index in [1.54, 1.807) is 0 Å². The molecular weight excluding hydrogens is 440 g/mol. The first-order valence-corrected chi connectivity index (χ1v) is 9.55. The van der Waals surface area contributed by atoms with Crippen LogP contribution in [0, 0.1) is 0 Å². The lowest BCUT2D eigenvalue weighted by molar-refractivity contribution is -0.144. The van der Waals surface area contributed by atoms with Crippen molar-refractivity contribution in [3.8, 4) is 0 Å². The predicted octanol–water partition coefficient (Wildman–Crippen LogP) is -3.50. The minimum absolute atomic E-state index is 0.0725. The number of carbonyl (C=O) groups is 6. The van der Waals surface area contributed by atoms with E-state index in [1.165, 1.54) is 0 Å². The second-order valence-corrected chi connectivity index (χ2v) is 6.87. The highest BCUT2D eigenvalue weighted by Crippen LogP contribution is 2.03. The van der Waals surface area contributed by atoms with Gasteiger partial charge in [0.2, 0.25) is 17.7 Å². The number of hydrogen-bond donors (Lipinski definition) is 9. The van der Waals surface area contributed by atoms with Gasteiger partial charge in [0.15, 0.2) is 0 Å². The zero-order chi connectivity index (χ0) is 24.3. The molecule has 0 saturated carbocycles. The number of nitrogens with two attached hydrogens (primary N) is 1. The number of nitrogens with one attached hydrogen (secondary N) is 3. The third kappa shape index (κ3) is 10.6. The number of carbonyl (C=O) groups excluding carboxylic acids is 3. The van der Waals surface area contributed by atoms with Gasteiger partial charge in [-0.2, -0.15) is 12.6 Å². The Kier molecular flexibility index (Phi) is 12.1. The monoisotopic (exact) mass is 466 g/mol. The molecule has 0 fully saturated rings. The molecule has 0 aromatic carbocycles. The van der Waals surface area contributed by atoms with Crippen LogP contribution in [0.3, 0.4) is 0 Å². The molecule has 0 bridgehead atoms. The minimum atomic E-state index is -1.78. The quantitative estimate of drug-likeness (QED) is 0.114. The van der Waals surface area contributed by atoms with Crippen LogP contribution in [0.1, 0.15) is 26.2 Å². The van der Waals surface area contributed by atoms with Crippen LogP contribution in [-0.4, -0.2) is 92.1 Å². The van der Waals surface area contributed by atoms with Crippen LogP contribution in [-0.2, 0) is 28.8 Å². The van der Waals surface area contributed by atoms with Crippen molar-refractivity contribution in [3.63, 3.8) is 0 Å². The lowest BCUT2D eigenvalue weighted by Crippen LogP contribution is -2.60. The van der Waals surface area contributed by atoms with Gasteiger partial charge in [-0.25, -0.2) is 4.79 Å². The molecule has 5 atom stereocenters. The summed E-state index contributed by atoms with van der Waals surface area (Å²) in [6.07, 6.45) is -3.50. The number of aliphatic carboxylic acids is 3. The summed E-state index contributed by atoms with van der Waals surface area (Å²) in [5.74, 6) is -7.65. The number of amides is 3. The molecule has 3 amide bonds. The first-order chi connectivity index (χ1) is 14.3. The second-order valence-electron chi connectivity index (χ2n) is 6.51. The van der Waals surface area contributed by atoms with Crippen molar-refractivity contribution in [1.29, 1.82) is 0 Å². The van der Waals surface area contributed by atoms with E-state index in [9.17, 15) is 33.9 Å². The van der Waals surface area contributed by atoms with Crippen LogP contribution < -0.4 is 21.7 Å². The van der Waals surface area contributed by atoms with Crippen LogP contribution in [0.5, 0.6) is 0 Å². The number of hydrogen-bond acceptors (Lipinski definition) is 9. The van der Waals surface area contributed by atoms with E-state index in [-0.39, 0.29) is 5.75 Å². The van der Waals surface area contributed by atoms with E-state index in [2.05, 4.69) is 17.9 Å². The number of thiol groups is 1. The Morgan fingerprint density at radius 3 is 1.84 bits per heavy atom. The molecule has 176 valence electrons. The fourth-order valence-electron chi connectivity index (χ4n) is 2.19. The summed E-state index contributed by atoms with van der Waals surface area (Å²) in [6, 6.07) is -6.16. The lowest BCUT2D eigenvalue weighted by atomic mass is 10.1. The standard InChI is InChI=1S/C16H26N4O10S/c1-6(21)12(20-13(26)7(17)5-31)15(28)19-9(4-11(24)25)14(27)18-8(16(29)30)2-3-10(22)23/h6-9,12,21,31H,2-5,17H2,1H3,(H,18,27)(H,19,28)(H,20,26)(H,22,23)(H,24,25)(H,29,30). The van der Waals surface area contributed by atoms with Gasteiger partial charge >= 0.3 is 17.9 Å². The molecule has 5 unspecified atom stereocenters. The maximum absolute atomic E-state index is 12.4. The van der Waals surface area contributed by atoms with Gasteiger partial charge < -0.3 is 42.1 Å². The lowest BCUT2D eigenvalue weighted by Gasteiger charge is -2.25. The molecule has 15 heteroatoms. The Morgan fingerprint density at radius 2 is 1.42 bits per heavy atom. The second kappa shape index (κ2) is 13.4. The van der Waals surface area contributed by atoms with Crippen LogP contribution in [0.2, 0.25) is 0 Å². The summed E-state index contributed by atoms with van der Waals surface area (Å²) in [4.78, 5) is 69.6. The Hall–Kier alpha value is -2.91. The molecule has 0 radical (unpaired) electrons. The van der Waals surface area contributed by atoms with E-state index in [0.29, 0.717) is 0 Å². The first kappa shape index (κ1) is 28.1. The summed E-state index contributed by atoms with van der Waals surface area (Å²) in [7, 11) is 0. The van der Waals surface area contributed by atoms with Gasteiger partial charge in [0.05, 0.1) is 18.6 Å². The fraction of sp³-hybridized carbons (Fsp3) is 0.625. The van der Waals surface area contributed by atoms with E-state index < -0.39 is 85.2 Å². The third-order valence-electron chi connectivity index (χ3n) is 3.87. The molecule has 0 rings (SSSR count). The van der Waals surface area contributed by atoms with Crippen molar-refractivity contribution < 1.29 is 49.2 Å². The molecular formula is C16H26N4O10S. The number of rotatable bonds is 14. The van der Waals surface area contributed by atoms with Crippen LogP contribution in [0.15, 0.2) is 0 Å². The SMILES string of the molecule is CC(O)C(NC(=O)C(N)CS)C(=O)NC(CC(=O)O)C(=O)NC(CCC(=O)O)C(=O)O. The number of carboxylic acid groups (broad SMARTS) is 3. The summed E-state index contributed by atoms with van der Waals surface area (Å²) in [5, 5.41) is 42.7. The molecule has 0 aliphatic heterocycles. The van der Waals surface area contributed by atoms with Crippen LogP contribution in [0.25, 0.3) is 0 Å². The van der Waals surface area contributed by atoms with Crippen LogP contribution >= 0.6 is 12.6 Å². The van der Waals surface area contributed by atoms with Gasteiger partial charge in [-0.05, 0) is 13.3 Å². The average molecular weight is 466 g/mol. The number of carboxylic acids is 3. The van der Waals surface area contributed by atoms with E-state index >= 15 is 0 Å². The van der Waals surface area contributed by atoms with Crippen LogP contribution in [0.4, 0.5) is 0 Å². The molecule has 14 nitrogen and oxygen atoms in total. The summed E-state index contributed by atoms with van der Waals surface area (Å²) < 4.78 is 0. The van der Waals surface area contributed by atoms with Gasteiger partial charge in [-0.15, -0.1) is 0 Å². The van der Waals surface area contributed by atoms with E-state index in [0.717, 1.165) is 6.92 Å². The number of aliphatic hydroxyl groups is 1. The van der Waals surface area contributed by atoms with Crippen molar-refractivity contribution in [1.82, 2.24) is 16.0 Å². The Bertz CT molecular complexity index is 702. The molecule has 0 aliphatic rings. The molecule has 9 N–H and O–H groups in total. The largest absolute Gasteiger partial charge is 0.481 e. The number of aliphatic hydroxyl groups excluding tert-OH is 1. The highest BCUT2D eigenvalue weighted by Gasteiger charge is 2.33. The predicted molar refractivity (Wildman–Crippen MR) is 106 cm³/mol. The summed E-state index contributed by atoms with van der Waals surface area (Å²) >= 11 is 3.83. The highest BCUT2D eigenvalue weighted by atomic mass is 32.1. The molecule has 0 aromatic rings. The smallest absolute Gasteiger partial charge is 0.326 e. The zero-order valence-corrected chi connectivity index (χ0v) is 17.4. The third-order valence-corrected chi connectivity index (χ3v) is 4.26. The van der Waals surface area contributed by atoms with Crippen molar-refractivity contribution >= 4 is 48.3 Å². The first-order valence-electron chi connectivity index (χ1n) is 8.92. The van der Waals surface area contributed by atoms with E-state index in [1.807, 2.05) is 10.6 Å². The zero-order valence-electron chi connectivity index (χ0n) is 16.5. The normalized spacial score (nSPS) is 15.5. The van der Waals surface area contributed by atoms with Gasteiger partial charge in [0, 0.05) is 12.2 Å². The Labute approximate surface area is 182 Å². The van der Waals surface area contributed by atoms with Crippen molar-refractivity contribution in [2.75, 3.05) is 5.75 Å². The summed E-state index contributed by atoms with van der Waals surface area (Å²) in [5.41, 5.74) is 5.47. The molecule has 0 aromatic heterocycles. The maximum Gasteiger partial charge on any atom is 0.326 e. The molecule has 0 aliphatic carbocycles. The van der Waals surface area contributed by atoms with Crippen molar-refractivity contribution in [2.24, 2.45) is 5.73 Å². The Morgan fingerprint density at radius 1 is 0.871 bits per heavy atom. The maximum atomic E-state index is 12.4. The van der Waals surface area contributed by atoms with Gasteiger partial charge in [-0.3, -0.25) is 24.0 Å². The fourth-order valence-corrected chi connectivity index (χ4v) is 2.36. The van der Waals surface area contributed by atoms with E-state index in [4.69, 9.17) is 21.1 Å². The summed E-state index contributed by atoms with van der Waals surface area (Å²) in [6.45, 7) is 1.15. The molecule has 31 heavy (non-hydrogen) atoms. The van der Waals surface area contributed by atoms with Gasteiger partial charge in [0.25, 0.3) is 0 Å². The molecule has 0 saturated heterocycles. The van der Waals surface area contributed by atoms with Gasteiger partial charge in [-0.1, -0.05) is 0 Å². The molecule has 0 heterocycles. The Balaban J connectivity index is 5.43.